The van der Waals surface area contributed by atoms with Gasteiger partial charge in [0, 0.05) is 47.7 Å². The van der Waals surface area contributed by atoms with Crippen LogP contribution in [0.25, 0.3) is 11.0 Å². The second-order valence-corrected chi connectivity index (χ2v) is 7.25. The number of nitrogens with zero attached hydrogens (tertiary/aromatic N) is 4. The molecule has 25 heavy (non-hydrogen) atoms. The molecule has 130 valence electrons. The SMILES string of the molecule is CCn1ccnc1C1CCCCN1C(=O)c1c[nH]c2ncc(Br)cc12. The van der Waals surface area contributed by atoms with E-state index in [1.54, 1.807) is 12.4 Å². The number of H-pyrrole nitrogens is 1. The molecule has 0 saturated carbocycles. The number of carbonyl (C=O) groups is 1. The Morgan fingerprint density at radius 3 is 3.12 bits per heavy atom. The van der Waals surface area contributed by atoms with Gasteiger partial charge in [-0.05, 0) is 48.2 Å². The molecule has 1 amide bonds. The third-order valence-electron chi connectivity index (χ3n) is 4.88. The number of likely N-dealkylation sites (tertiary alicyclic amines) is 1. The Labute approximate surface area is 154 Å². The van der Waals surface area contributed by atoms with Gasteiger partial charge in [-0.1, -0.05) is 0 Å². The molecule has 3 aromatic heterocycles. The van der Waals surface area contributed by atoms with Gasteiger partial charge in [-0.2, -0.15) is 0 Å². The van der Waals surface area contributed by atoms with E-state index in [2.05, 4.69) is 42.4 Å². The van der Waals surface area contributed by atoms with Crippen molar-refractivity contribution in [1.82, 2.24) is 24.4 Å². The molecule has 1 unspecified atom stereocenters. The standard InChI is InChI=1S/C18H20BrN5O/c1-2-23-8-6-20-17(23)15-5-3-4-7-24(15)18(25)14-11-22-16-13(14)9-12(19)10-21-16/h6,8-11,15H,2-5,7H2,1H3,(H,21,22). The van der Waals surface area contributed by atoms with E-state index in [1.807, 2.05) is 23.4 Å². The zero-order chi connectivity index (χ0) is 17.4. The molecule has 0 aromatic carbocycles. The normalized spacial score (nSPS) is 18.0. The molecular formula is C18H20BrN5O. The van der Waals surface area contributed by atoms with Gasteiger partial charge in [0.05, 0.1) is 11.6 Å². The van der Waals surface area contributed by atoms with Crippen LogP contribution in [0.5, 0.6) is 0 Å². The first-order valence-electron chi connectivity index (χ1n) is 8.63. The summed E-state index contributed by atoms with van der Waals surface area (Å²) < 4.78 is 2.99. The third kappa shape index (κ3) is 2.86. The molecule has 6 nitrogen and oxygen atoms in total. The third-order valence-corrected chi connectivity index (χ3v) is 5.31. The summed E-state index contributed by atoms with van der Waals surface area (Å²) >= 11 is 3.44. The summed E-state index contributed by atoms with van der Waals surface area (Å²) in [5, 5.41) is 0.850. The molecule has 1 N–H and O–H groups in total. The predicted molar refractivity (Wildman–Crippen MR) is 99.3 cm³/mol. The molecule has 1 saturated heterocycles. The second kappa shape index (κ2) is 6.63. The minimum absolute atomic E-state index is 0.0289. The van der Waals surface area contributed by atoms with E-state index >= 15 is 0 Å². The van der Waals surface area contributed by atoms with E-state index in [-0.39, 0.29) is 11.9 Å². The second-order valence-electron chi connectivity index (χ2n) is 6.33. The Morgan fingerprint density at radius 2 is 2.28 bits per heavy atom. The highest BCUT2D eigenvalue weighted by Crippen LogP contribution is 2.32. The maximum atomic E-state index is 13.3. The van der Waals surface area contributed by atoms with Crippen LogP contribution in [0.4, 0.5) is 0 Å². The van der Waals surface area contributed by atoms with Crippen molar-refractivity contribution in [3.63, 3.8) is 0 Å². The average Bonchev–Trinajstić information content (AvgIpc) is 3.27. The molecule has 1 fully saturated rings. The number of piperidine rings is 1. The molecule has 4 rings (SSSR count). The Bertz CT molecular complexity index is 915. The number of halogens is 1. The average molecular weight is 402 g/mol. The summed E-state index contributed by atoms with van der Waals surface area (Å²) in [4.78, 5) is 27.3. The number of rotatable bonds is 3. The summed E-state index contributed by atoms with van der Waals surface area (Å²) in [5.41, 5.74) is 1.40. The lowest BCUT2D eigenvalue weighted by Gasteiger charge is -2.35. The van der Waals surface area contributed by atoms with Crippen LogP contribution in [0.2, 0.25) is 0 Å². The van der Waals surface area contributed by atoms with Crippen LogP contribution in [-0.2, 0) is 6.54 Å². The fraction of sp³-hybridized carbons (Fsp3) is 0.389. The Balaban J connectivity index is 1.72. The number of amides is 1. The lowest BCUT2D eigenvalue weighted by molar-refractivity contribution is 0.0597. The van der Waals surface area contributed by atoms with E-state index in [9.17, 15) is 4.79 Å². The predicted octanol–water partition coefficient (Wildman–Crippen LogP) is 3.91. The van der Waals surface area contributed by atoms with Crippen molar-refractivity contribution in [2.75, 3.05) is 6.54 Å². The molecule has 1 aliphatic heterocycles. The minimum Gasteiger partial charge on any atom is -0.345 e. The number of imidazole rings is 1. The largest absolute Gasteiger partial charge is 0.345 e. The minimum atomic E-state index is 0.0289. The van der Waals surface area contributed by atoms with Gasteiger partial charge in [-0.3, -0.25) is 4.79 Å². The smallest absolute Gasteiger partial charge is 0.256 e. The highest BCUT2D eigenvalue weighted by Gasteiger charge is 2.32. The van der Waals surface area contributed by atoms with Gasteiger partial charge in [0.1, 0.15) is 11.5 Å². The van der Waals surface area contributed by atoms with E-state index in [0.717, 1.165) is 53.7 Å². The van der Waals surface area contributed by atoms with Gasteiger partial charge in [-0.15, -0.1) is 0 Å². The zero-order valence-corrected chi connectivity index (χ0v) is 15.7. The van der Waals surface area contributed by atoms with Crippen molar-refractivity contribution >= 4 is 32.9 Å². The van der Waals surface area contributed by atoms with Gasteiger partial charge >= 0.3 is 0 Å². The number of pyridine rings is 1. The van der Waals surface area contributed by atoms with Crippen LogP contribution in [0.1, 0.15) is 48.4 Å². The Hall–Kier alpha value is -2.15. The number of aryl methyl sites for hydroxylation is 1. The van der Waals surface area contributed by atoms with Crippen molar-refractivity contribution in [2.24, 2.45) is 0 Å². The number of aromatic nitrogens is 4. The first-order chi connectivity index (χ1) is 12.2. The van der Waals surface area contributed by atoms with E-state index in [1.165, 1.54) is 0 Å². The van der Waals surface area contributed by atoms with Gasteiger partial charge in [0.15, 0.2) is 0 Å². The van der Waals surface area contributed by atoms with E-state index in [0.29, 0.717) is 5.56 Å². The fourth-order valence-corrected chi connectivity index (χ4v) is 3.97. The number of aromatic amines is 1. The van der Waals surface area contributed by atoms with Gasteiger partial charge in [-0.25, -0.2) is 9.97 Å². The molecule has 0 radical (unpaired) electrons. The Morgan fingerprint density at radius 1 is 1.40 bits per heavy atom. The molecule has 0 aliphatic carbocycles. The number of fused-ring (bicyclic) bond motifs is 1. The highest BCUT2D eigenvalue weighted by atomic mass is 79.9. The quantitative estimate of drug-likeness (QED) is 0.723. The van der Waals surface area contributed by atoms with Crippen LogP contribution in [0.3, 0.4) is 0 Å². The monoisotopic (exact) mass is 401 g/mol. The molecule has 4 heterocycles. The summed E-state index contributed by atoms with van der Waals surface area (Å²) in [7, 11) is 0. The molecule has 3 aromatic rings. The van der Waals surface area contributed by atoms with Crippen molar-refractivity contribution in [3.05, 3.63) is 46.7 Å². The lowest BCUT2D eigenvalue weighted by Crippen LogP contribution is -2.39. The topological polar surface area (TPSA) is 66.8 Å². The number of hydrogen-bond donors (Lipinski definition) is 1. The summed E-state index contributed by atoms with van der Waals surface area (Å²) in [6, 6.07) is 1.97. The first-order valence-corrected chi connectivity index (χ1v) is 9.43. The van der Waals surface area contributed by atoms with Crippen LogP contribution >= 0.6 is 15.9 Å². The summed E-state index contributed by atoms with van der Waals surface area (Å²) in [6.07, 6.45) is 10.4. The fourth-order valence-electron chi connectivity index (χ4n) is 3.64. The van der Waals surface area contributed by atoms with Gasteiger partial charge < -0.3 is 14.5 Å². The van der Waals surface area contributed by atoms with E-state index in [4.69, 9.17) is 0 Å². The first kappa shape index (κ1) is 16.3. The molecule has 0 bridgehead atoms. The lowest BCUT2D eigenvalue weighted by atomic mass is 10.00. The van der Waals surface area contributed by atoms with Crippen molar-refractivity contribution in [3.8, 4) is 0 Å². The molecule has 0 spiro atoms. The van der Waals surface area contributed by atoms with Gasteiger partial charge in [0.25, 0.3) is 5.91 Å². The number of nitrogens with one attached hydrogen (secondary N) is 1. The molecule has 1 atom stereocenters. The van der Waals surface area contributed by atoms with Crippen molar-refractivity contribution in [2.45, 2.75) is 38.8 Å². The van der Waals surface area contributed by atoms with Crippen LogP contribution < -0.4 is 0 Å². The highest BCUT2D eigenvalue weighted by molar-refractivity contribution is 9.10. The molecular weight excluding hydrogens is 382 g/mol. The summed E-state index contributed by atoms with van der Waals surface area (Å²) in [6.45, 7) is 3.72. The molecule has 1 aliphatic rings. The van der Waals surface area contributed by atoms with Crippen molar-refractivity contribution < 1.29 is 4.79 Å². The number of hydrogen-bond acceptors (Lipinski definition) is 3. The van der Waals surface area contributed by atoms with Crippen LogP contribution in [-0.4, -0.2) is 36.9 Å². The van der Waals surface area contributed by atoms with E-state index < -0.39 is 0 Å². The maximum Gasteiger partial charge on any atom is 0.256 e. The number of carbonyl (C=O) groups excluding carboxylic acids is 1. The maximum absolute atomic E-state index is 13.3. The summed E-state index contributed by atoms with van der Waals surface area (Å²) in [5.74, 6) is 1.02. The zero-order valence-electron chi connectivity index (χ0n) is 14.1. The Kier molecular flexibility index (Phi) is 4.33. The van der Waals surface area contributed by atoms with Crippen molar-refractivity contribution in [1.29, 1.82) is 0 Å². The van der Waals surface area contributed by atoms with Crippen LogP contribution in [0, 0.1) is 0 Å². The molecule has 7 heteroatoms. The van der Waals surface area contributed by atoms with Gasteiger partial charge in [0.2, 0.25) is 0 Å². The van der Waals surface area contributed by atoms with Crippen LogP contribution in [0.15, 0.2) is 35.3 Å².